The molecule has 1 fully saturated rings. The molecule has 0 radical (unpaired) electrons. The van der Waals surface area contributed by atoms with Crippen LogP contribution in [0.15, 0.2) is 24.3 Å². The lowest BCUT2D eigenvalue weighted by Crippen LogP contribution is -2.43. The summed E-state index contributed by atoms with van der Waals surface area (Å²) in [5.41, 5.74) is 1.93. The molecule has 0 saturated carbocycles. The van der Waals surface area contributed by atoms with Crippen molar-refractivity contribution in [3.8, 4) is 0 Å². The van der Waals surface area contributed by atoms with Crippen LogP contribution in [-0.2, 0) is 16.0 Å². The van der Waals surface area contributed by atoms with Crippen molar-refractivity contribution in [2.24, 2.45) is 0 Å². The smallest absolute Gasteiger partial charge is 0.243 e. The van der Waals surface area contributed by atoms with E-state index in [-0.39, 0.29) is 24.4 Å². The molecule has 1 aromatic rings. The van der Waals surface area contributed by atoms with E-state index in [1.165, 1.54) is 5.56 Å². The fourth-order valence-electron chi connectivity index (χ4n) is 2.27. The third-order valence-electron chi connectivity index (χ3n) is 3.42. The van der Waals surface area contributed by atoms with Crippen molar-refractivity contribution in [2.45, 2.75) is 32.2 Å². The standard InChI is InChI=1S/C15H21N3O2/c1-2-11-5-3-6-12(9-11)18-14(19)10-17-15(20)13-7-4-8-16-13/h3,5-6,9,13,16H,2,4,7-8,10H2,1H3,(H,17,20)(H,18,19). The highest BCUT2D eigenvalue weighted by molar-refractivity contribution is 5.95. The molecule has 1 aliphatic heterocycles. The van der Waals surface area contributed by atoms with E-state index in [0.717, 1.165) is 31.5 Å². The lowest BCUT2D eigenvalue weighted by molar-refractivity contribution is -0.125. The summed E-state index contributed by atoms with van der Waals surface area (Å²) in [6.07, 6.45) is 2.77. The van der Waals surface area contributed by atoms with Crippen molar-refractivity contribution in [1.82, 2.24) is 10.6 Å². The van der Waals surface area contributed by atoms with Crippen LogP contribution in [0.25, 0.3) is 0 Å². The monoisotopic (exact) mass is 275 g/mol. The number of hydrogen-bond donors (Lipinski definition) is 3. The normalized spacial score (nSPS) is 17.8. The van der Waals surface area contributed by atoms with E-state index >= 15 is 0 Å². The molecule has 5 heteroatoms. The van der Waals surface area contributed by atoms with Gasteiger partial charge in [-0.3, -0.25) is 9.59 Å². The first-order valence-electron chi connectivity index (χ1n) is 7.09. The third-order valence-corrected chi connectivity index (χ3v) is 3.42. The van der Waals surface area contributed by atoms with Crippen LogP contribution in [0.3, 0.4) is 0 Å². The summed E-state index contributed by atoms with van der Waals surface area (Å²) in [6, 6.07) is 7.57. The van der Waals surface area contributed by atoms with Crippen LogP contribution in [0.1, 0.15) is 25.3 Å². The quantitative estimate of drug-likeness (QED) is 0.752. The maximum absolute atomic E-state index is 11.8. The molecule has 5 nitrogen and oxygen atoms in total. The largest absolute Gasteiger partial charge is 0.346 e. The van der Waals surface area contributed by atoms with Gasteiger partial charge in [0.05, 0.1) is 12.6 Å². The van der Waals surface area contributed by atoms with Gasteiger partial charge >= 0.3 is 0 Å². The van der Waals surface area contributed by atoms with Gasteiger partial charge < -0.3 is 16.0 Å². The van der Waals surface area contributed by atoms with Crippen molar-refractivity contribution < 1.29 is 9.59 Å². The number of carbonyl (C=O) groups is 2. The molecule has 1 aromatic carbocycles. The minimum atomic E-state index is -0.204. The highest BCUT2D eigenvalue weighted by Gasteiger charge is 2.21. The van der Waals surface area contributed by atoms with Gasteiger partial charge in [0.15, 0.2) is 0 Å². The Bertz CT molecular complexity index is 482. The summed E-state index contributed by atoms with van der Waals surface area (Å²) < 4.78 is 0. The second kappa shape index (κ2) is 7.05. The van der Waals surface area contributed by atoms with Gasteiger partial charge in [0.1, 0.15) is 0 Å². The first-order chi connectivity index (χ1) is 9.69. The van der Waals surface area contributed by atoms with E-state index in [1.54, 1.807) is 0 Å². The number of aryl methyl sites for hydroxylation is 1. The molecule has 108 valence electrons. The van der Waals surface area contributed by atoms with Crippen molar-refractivity contribution in [3.05, 3.63) is 29.8 Å². The number of anilines is 1. The molecule has 1 atom stereocenters. The highest BCUT2D eigenvalue weighted by atomic mass is 16.2. The van der Waals surface area contributed by atoms with Gasteiger partial charge in [0.25, 0.3) is 0 Å². The Morgan fingerprint density at radius 3 is 2.95 bits per heavy atom. The zero-order valence-corrected chi connectivity index (χ0v) is 11.7. The van der Waals surface area contributed by atoms with Crippen LogP contribution < -0.4 is 16.0 Å². The van der Waals surface area contributed by atoms with Crippen molar-refractivity contribution >= 4 is 17.5 Å². The number of carbonyl (C=O) groups excluding carboxylic acids is 2. The number of nitrogens with one attached hydrogen (secondary N) is 3. The fraction of sp³-hybridized carbons (Fsp3) is 0.467. The maximum atomic E-state index is 11.8. The number of hydrogen-bond acceptors (Lipinski definition) is 3. The fourth-order valence-corrected chi connectivity index (χ4v) is 2.27. The number of rotatable bonds is 5. The van der Waals surface area contributed by atoms with E-state index in [0.29, 0.717) is 0 Å². The first kappa shape index (κ1) is 14.5. The minimum Gasteiger partial charge on any atom is -0.346 e. The predicted octanol–water partition coefficient (Wildman–Crippen LogP) is 1.06. The molecule has 1 saturated heterocycles. The Kier molecular flexibility index (Phi) is 5.12. The van der Waals surface area contributed by atoms with E-state index in [9.17, 15) is 9.59 Å². The van der Waals surface area contributed by atoms with Gasteiger partial charge in [-0.05, 0) is 43.5 Å². The molecule has 2 amide bonds. The first-order valence-corrected chi connectivity index (χ1v) is 7.09. The Morgan fingerprint density at radius 2 is 2.25 bits per heavy atom. The Labute approximate surface area is 119 Å². The average molecular weight is 275 g/mol. The molecule has 0 spiro atoms. The second-order valence-electron chi connectivity index (χ2n) is 4.97. The molecule has 0 aromatic heterocycles. The van der Waals surface area contributed by atoms with Gasteiger partial charge in [-0.2, -0.15) is 0 Å². The highest BCUT2D eigenvalue weighted by Crippen LogP contribution is 2.10. The molecule has 0 bridgehead atoms. The number of amides is 2. The van der Waals surface area contributed by atoms with E-state index < -0.39 is 0 Å². The molecule has 20 heavy (non-hydrogen) atoms. The van der Waals surface area contributed by atoms with Crippen molar-refractivity contribution in [3.63, 3.8) is 0 Å². The summed E-state index contributed by atoms with van der Waals surface area (Å²) in [6.45, 7) is 2.94. The lowest BCUT2D eigenvalue weighted by atomic mass is 10.1. The zero-order chi connectivity index (χ0) is 14.4. The molecule has 3 N–H and O–H groups in total. The predicted molar refractivity (Wildman–Crippen MR) is 78.5 cm³/mol. The van der Waals surface area contributed by atoms with Crippen molar-refractivity contribution in [1.29, 1.82) is 0 Å². The van der Waals surface area contributed by atoms with E-state index in [2.05, 4.69) is 22.9 Å². The van der Waals surface area contributed by atoms with Crippen LogP contribution in [0.5, 0.6) is 0 Å². The summed E-state index contributed by atoms with van der Waals surface area (Å²) >= 11 is 0. The summed E-state index contributed by atoms with van der Waals surface area (Å²) in [7, 11) is 0. The van der Waals surface area contributed by atoms with E-state index in [1.807, 2.05) is 24.3 Å². The van der Waals surface area contributed by atoms with E-state index in [4.69, 9.17) is 0 Å². The van der Waals surface area contributed by atoms with Gasteiger partial charge in [0.2, 0.25) is 11.8 Å². The van der Waals surface area contributed by atoms with Crippen LogP contribution in [0.4, 0.5) is 5.69 Å². The van der Waals surface area contributed by atoms with Gasteiger partial charge in [-0.1, -0.05) is 19.1 Å². The van der Waals surface area contributed by atoms with Crippen LogP contribution in [-0.4, -0.2) is 30.9 Å². The lowest BCUT2D eigenvalue weighted by Gasteiger charge is -2.11. The Balaban J connectivity index is 1.78. The molecule has 1 aliphatic rings. The summed E-state index contributed by atoms with van der Waals surface area (Å²) in [5, 5.41) is 8.55. The van der Waals surface area contributed by atoms with Gasteiger partial charge in [-0.25, -0.2) is 0 Å². The molecular formula is C15H21N3O2. The zero-order valence-electron chi connectivity index (χ0n) is 11.7. The Morgan fingerprint density at radius 1 is 1.40 bits per heavy atom. The SMILES string of the molecule is CCc1cccc(NC(=O)CNC(=O)C2CCCN2)c1. The Hall–Kier alpha value is -1.88. The maximum Gasteiger partial charge on any atom is 0.243 e. The molecule has 1 heterocycles. The third kappa shape index (κ3) is 4.06. The van der Waals surface area contributed by atoms with Gasteiger partial charge in [-0.15, -0.1) is 0 Å². The number of benzene rings is 1. The summed E-state index contributed by atoms with van der Waals surface area (Å²) in [5.74, 6) is -0.301. The van der Waals surface area contributed by atoms with Crippen LogP contribution in [0.2, 0.25) is 0 Å². The topological polar surface area (TPSA) is 70.2 Å². The van der Waals surface area contributed by atoms with Crippen LogP contribution >= 0.6 is 0 Å². The molecule has 2 rings (SSSR count). The molecular weight excluding hydrogens is 254 g/mol. The minimum absolute atomic E-state index is 0.00731. The van der Waals surface area contributed by atoms with Gasteiger partial charge in [0, 0.05) is 5.69 Å². The average Bonchev–Trinajstić information content (AvgIpc) is 2.99. The van der Waals surface area contributed by atoms with Crippen molar-refractivity contribution in [2.75, 3.05) is 18.4 Å². The summed E-state index contributed by atoms with van der Waals surface area (Å²) in [4.78, 5) is 23.5. The van der Waals surface area contributed by atoms with Crippen LogP contribution in [0, 0.1) is 0 Å². The molecule has 0 aliphatic carbocycles. The molecule has 1 unspecified atom stereocenters. The second-order valence-corrected chi connectivity index (χ2v) is 4.97.